The molecule has 0 fully saturated rings. The number of aliphatic hydroxyl groups excluding tert-OH is 1. The second-order valence-electron chi connectivity index (χ2n) is 1.99. The quantitative estimate of drug-likeness (QED) is 0.260. The van der Waals surface area contributed by atoms with Crippen molar-refractivity contribution in [2.45, 2.75) is 4.84 Å². The standard InChI is InChI=1S/C2H4Cl2O.14CH2Cl2/c3-2(4)1-5;14*2-1-3/h2,5H,1H2;14*1H2. The van der Waals surface area contributed by atoms with Crippen molar-refractivity contribution >= 4 is 348 Å². The molecule has 0 unspecified atom stereocenters. The van der Waals surface area contributed by atoms with Crippen LogP contribution < -0.4 is 0 Å². The first kappa shape index (κ1) is 101. The van der Waals surface area contributed by atoms with Crippen molar-refractivity contribution < 1.29 is 5.11 Å². The molecule has 1 nitrogen and oxygen atoms in total. The van der Waals surface area contributed by atoms with E-state index in [0.29, 0.717) is 0 Å². The molecule has 312 valence electrons. The van der Waals surface area contributed by atoms with Crippen LogP contribution in [0.1, 0.15) is 0 Å². The van der Waals surface area contributed by atoms with Gasteiger partial charge in [-0.05, 0) is 0 Å². The van der Waals surface area contributed by atoms with Crippen molar-refractivity contribution in [2.24, 2.45) is 0 Å². The summed E-state index contributed by atoms with van der Waals surface area (Å²) in [6.07, 6.45) is 0. The Labute approximate surface area is 432 Å². The fraction of sp³-hybridized carbons (Fsp3) is 1.00. The molecule has 0 aliphatic rings. The average molecular weight is 1300 g/mol. The van der Waals surface area contributed by atoms with Gasteiger partial charge in [0, 0.05) is 0 Å². The minimum Gasteiger partial charge on any atom is -0.394 e. The van der Waals surface area contributed by atoms with Crippen LogP contribution in [0.25, 0.3) is 0 Å². The Morgan fingerprint density at radius 1 is 0.213 bits per heavy atom. The van der Waals surface area contributed by atoms with Crippen LogP contribution >= 0.6 is 348 Å². The first-order chi connectivity index (χ1) is 22.1. The highest BCUT2D eigenvalue weighted by molar-refractivity contribution is 6.45. The third-order valence-corrected chi connectivity index (χ3v) is 0.414. The average Bonchev–Trinajstić information content (AvgIpc) is 2.95. The summed E-state index contributed by atoms with van der Waals surface area (Å²) in [7, 11) is 0. The van der Waals surface area contributed by atoms with E-state index in [0.717, 1.165) is 0 Å². The Morgan fingerprint density at radius 3 is 0.234 bits per heavy atom. The molecule has 0 radical (unpaired) electrons. The predicted molar refractivity (Wildman–Crippen MR) is 255 cm³/mol. The number of hydrogen-bond donors (Lipinski definition) is 1. The first-order valence-corrected chi connectivity index (χ1v) is 24.5. The summed E-state index contributed by atoms with van der Waals surface area (Å²) in [6, 6.07) is 0. The molecule has 0 spiro atoms. The third-order valence-electron chi connectivity index (χ3n) is 0.138. The molecule has 0 rings (SSSR count). The normalized spacial score (nSPS) is 6.38. The number of hydrogen-bond acceptors (Lipinski definition) is 1. The van der Waals surface area contributed by atoms with Gasteiger partial charge in [-0.3, -0.25) is 0 Å². The zero-order valence-electron chi connectivity index (χ0n) is 23.0. The topological polar surface area (TPSA) is 20.2 Å². The lowest BCUT2D eigenvalue weighted by Crippen LogP contribution is -1.90. The van der Waals surface area contributed by atoms with E-state index in [1.165, 1.54) is 0 Å². The molecule has 1 N–H and O–H groups in total. The van der Waals surface area contributed by atoms with Crippen molar-refractivity contribution in [2.75, 3.05) is 81.4 Å². The maximum absolute atomic E-state index is 7.88. The highest BCUT2D eigenvalue weighted by Gasteiger charge is 1.88. The van der Waals surface area contributed by atoms with Crippen molar-refractivity contribution in [1.29, 1.82) is 0 Å². The van der Waals surface area contributed by atoms with E-state index in [9.17, 15) is 0 Å². The summed E-state index contributed by atoms with van der Waals surface area (Å²) in [5.41, 5.74) is 0. The molecule has 0 saturated carbocycles. The summed E-state index contributed by atoms with van der Waals surface area (Å²) >= 11 is 143. The Kier molecular flexibility index (Phi) is 474. The van der Waals surface area contributed by atoms with Crippen LogP contribution in [0.4, 0.5) is 0 Å². The van der Waals surface area contributed by atoms with Crippen molar-refractivity contribution in [3.8, 4) is 0 Å². The summed E-state index contributed by atoms with van der Waals surface area (Å²) in [5.74, 6) is 0. The van der Waals surface area contributed by atoms with Crippen LogP contribution in [0.3, 0.4) is 0 Å². The minimum absolute atomic E-state index is 0.164. The molecular weight excluding hydrogens is 1270 g/mol. The smallest absolute Gasteiger partial charge is 0.130 e. The van der Waals surface area contributed by atoms with Gasteiger partial charge in [0.2, 0.25) is 0 Å². The van der Waals surface area contributed by atoms with Crippen molar-refractivity contribution in [1.82, 2.24) is 0 Å². The predicted octanol–water partition coefficient (Wildman–Crippen LogP) is 20.7. The molecule has 0 amide bonds. The van der Waals surface area contributed by atoms with Gasteiger partial charge in [0.1, 0.15) is 4.84 Å². The molecule has 0 aromatic heterocycles. The summed E-state index contributed by atoms with van der Waals surface area (Å²) < 4.78 is 0. The Hall–Kier alpha value is 8.66. The Morgan fingerprint density at radius 2 is 0.234 bits per heavy atom. The zero-order chi connectivity index (χ0) is 42.2. The molecule has 0 bridgehead atoms. The second-order valence-corrected chi connectivity index (χ2v) is 14.6. The van der Waals surface area contributed by atoms with E-state index in [-0.39, 0.29) is 81.4 Å². The van der Waals surface area contributed by atoms with Gasteiger partial charge in [-0.25, -0.2) is 0 Å². The Balaban J connectivity index is -0.0000000180. The molecular formula is C16H32Cl30O. The fourth-order valence-electron chi connectivity index (χ4n) is 0. The van der Waals surface area contributed by atoms with Crippen molar-refractivity contribution in [3.63, 3.8) is 0 Å². The first-order valence-electron chi connectivity index (χ1n) is 8.64. The molecule has 0 saturated heterocycles. The zero-order valence-corrected chi connectivity index (χ0v) is 45.6. The largest absolute Gasteiger partial charge is 0.394 e. The van der Waals surface area contributed by atoms with E-state index in [1.807, 2.05) is 0 Å². The van der Waals surface area contributed by atoms with Crippen LogP contribution in [0.5, 0.6) is 0 Å². The molecule has 0 aromatic rings. The van der Waals surface area contributed by atoms with Crippen molar-refractivity contribution in [3.05, 3.63) is 0 Å². The highest BCUT2D eigenvalue weighted by atomic mass is 35.6. The van der Waals surface area contributed by atoms with Crippen LogP contribution in [-0.4, -0.2) is 91.3 Å². The number of rotatable bonds is 1. The Bertz CT molecular complexity index is 145. The maximum atomic E-state index is 7.88. The minimum atomic E-state index is -0.616. The van der Waals surface area contributed by atoms with Crippen LogP contribution in [-0.2, 0) is 0 Å². The molecule has 47 heavy (non-hydrogen) atoms. The lowest BCUT2D eigenvalue weighted by molar-refractivity contribution is 0.313. The van der Waals surface area contributed by atoms with Gasteiger partial charge in [-0.2, -0.15) is 0 Å². The van der Waals surface area contributed by atoms with E-state index in [1.54, 1.807) is 0 Å². The van der Waals surface area contributed by atoms with E-state index in [2.05, 4.69) is 0 Å². The molecule has 0 aliphatic heterocycles. The van der Waals surface area contributed by atoms with E-state index >= 15 is 0 Å². The van der Waals surface area contributed by atoms with Gasteiger partial charge in [-0.1, -0.05) is 0 Å². The van der Waals surface area contributed by atoms with E-state index < -0.39 is 4.84 Å². The van der Waals surface area contributed by atoms with Gasteiger partial charge in [0.15, 0.2) is 0 Å². The van der Waals surface area contributed by atoms with Gasteiger partial charge in [0.25, 0.3) is 0 Å². The molecule has 0 atom stereocenters. The molecule has 0 aliphatic carbocycles. The summed E-state index contributed by atoms with van der Waals surface area (Å²) in [6.45, 7) is -0.164. The second kappa shape index (κ2) is 221. The van der Waals surface area contributed by atoms with Gasteiger partial charge in [-0.15, -0.1) is 348 Å². The molecule has 0 heterocycles. The maximum Gasteiger partial charge on any atom is 0.130 e. The van der Waals surface area contributed by atoms with E-state index in [4.69, 9.17) is 353 Å². The lowest BCUT2D eigenvalue weighted by atomic mass is 10.9. The third kappa shape index (κ3) is 1330. The van der Waals surface area contributed by atoms with Gasteiger partial charge < -0.3 is 5.11 Å². The van der Waals surface area contributed by atoms with Crippen LogP contribution in [0.2, 0.25) is 0 Å². The SMILES string of the molecule is ClCCl.ClCCl.ClCCl.ClCCl.ClCCl.ClCCl.ClCCl.ClCCl.ClCCl.ClCCl.ClCCl.ClCCl.ClCCl.ClCCl.OCC(Cl)Cl. The molecule has 0 aromatic carbocycles. The highest BCUT2D eigenvalue weighted by Crippen LogP contribution is 1.96. The summed E-state index contributed by atoms with van der Waals surface area (Å²) in [5, 5.41) is 10.6. The van der Waals surface area contributed by atoms with Gasteiger partial charge >= 0.3 is 0 Å². The van der Waals surface area contributed by atoms with Crippen LogP contribution in [0, 0.1) is 0 Å². The van der Waals surface area contributed by atoms with Gasteiger partial charge in [0.05, 0.1) is 81.4 Å². The monoisotopic (exact) mass is 1290 g/mol. The number of halogens is 30. The van der Waals surface area contributed by atoms with Crippen LogP contribution in [0.15, 0.2) is 0 Å². The fourth-order valence-corrected chi connectivity index (χ4v) is 0. The number of aliphatic hydroxyl groups is 1. The lowest BCUT2D eigenvalue weighted by Gasteiger charge is -1.84. The summed E-state index contributed by atoms with van der Waals surface area (Å²) in [4.78, 5) is -0.616. The molecule has 31 heteroatoms. The number of alkyl halides is 30.